The average Bonchev–Trinajstić information content (AvgIpc) is 2.43. The lowest BCUT2D eigenvalue weighted by Crippen LogP contribution is -2.25. The van der Waals surface area contributed by atoms with E-state index in [1.54, 1.807) is 0 Å². The van der Waals surface area contributed by atoms with E-state index in [9.17, 15) is 0 Å². The Bertz CT molecular complexity index is 596. The highest BCUT2D eigenvalue weighted by atomic mass is 16.5. The molecule has 0 fully saturated rings. The summed E-state index contributed by atoms with van der Waals surface area (Å²) in [6, 6.07) is 12.8. The summed E-state index contributed by atoms with van der Waals surface area (Å²) in [6.45, 7) is 9.20. The molecule has 1 N–H and O–H groups in total. The van der Waals surface area contributed by atoms with Gasteiger partial charge in [0.25, 0.3) is 0 Å². The van der Waals surface area contributed by atoms with E-state index in [0.29, 0.717) is 6.61 Å². The van der Waals surface area contributed by atoms with Crippen LogP contribution in [0.2, 0.25) is 0 Å². The van der Waals surface area contributed by atoms with Crippen LogP contribution < -0.4 is 10.1 Å². The van der Waals surface area contributed by atoms with Crippen molar-refractivity contribution in [3.63, 3.8) is 0 Å². The molecule has 0 amide bonds. The van der Waals surface area contributed by atoms with Crippen LogP contribution >= 0.6 is 0 Å². The first-order valence-electron chi connectivity index (χ1n) is 7.46. The summed E-state index contributed by atoms with van der Waals surface area (Å²) in [4.78, 5) is 0. The van der Waals surface area contributed by atoms with Crippen LogP contribution in [0.4, 0.5) is 0 Å². The zero-order valence-corrected chi connectivity index (χ0v) is 13.7. The van der Waals surface area contributed by atoms with Crippen molar-refractivity contribution in [2.75, 3.05) is 13.7 Å². The van der Waals surface area contributed by atoms with E-state index >= 15 is 0 Å². The number of nitrogens with one attached hydrogen (secondary N) is 1. The number of hydrogen-bond donors (Lipinski definition) is 1. The molecular weight excluding hydrogens is 258 g/mol. The zero-order chi connectivity index (χ0) is 15.4. The smallest absolute Gasteiger partial charge is 0.122 e. The largest absolute Gasteiger partial charge is 0.491 e. The van der Waals surface area contributed by atoms with Gasteiger partial charge in [0.2, 0.25) is 0 Å². The van der Waals surface area contributed by atoms with Gasteiger partial charge in [0.15, 0.2) is 0 Å². The first kappa shape index (κ1) is 15.6. The molecule has 0 saturated heterocycles. The molecule has 0 saturated carbocycles. The highest BCUT2D eigenvalue weighted by Gasteiger charge is 2.16. The van der Waals surface area contributed by atoms with Gasteiger partial charge in [-0.3, -0.25) is 0 Å². The van der Waals surface area contributed by atoms with Crippen LogP contribution in [0.1, 0.15) is 33.9 Å². The second-order valence-electron chi connectivity index (χ2n) is 5.73. The molecule has 0 spiro atoms. The third-order valence-electron chi connectivity index (χ3n) is 3.93. The highest BCUT2D eigenvalue weighted by Crippen LogP contribution is 2.25. The normalized spacial score (nSPS) is 12.2. The van der Waals surface area contributed by atoms with E-state index in [2.05, 4.69) is 51.2 Å². The molecule has 2 aromatic rings. The van der Waals surface area contributed by atoms with Crippen LogP contribution in [0.25, 0.3) is 0 Å². The third kappa shape index (κ3) is 3.64. The zero-order valence-electron chi connectivity index (χ0n) is 13.7. The summed E-state index contributed by atoms with van der Waals surface area (Å²) < 4.78 is 6.02. The van der Waals surface area contributed by atoms with Crippen molar-refractivity contribution in [2.24, 2.45) is 0 Å². The molecule has 0 aliphatic carbocycles. The van der Waals surface area contributed by atoms with Gasteiger partial charge in [-0.25, -0.2) is 0 Å². The molecule has 0 bridgehead atoms. The molecule has 2 heteroatoms. The Labute approximate surface area is 128 Å². The number of rotatable bonds is 5. The molecular formula is C19H25NO. The predicted octanol–water partition coefficient (Wildman–Crippen LogP) is 4.26. The van der Waals surface area contributed by atoms with Crippen LogP contribution in [0.3, 0.4) is 0 Å². The number of likely N-dealkylation sites (N-methyl/N-ethyl adjacent to an activating group) is 1. The lowest BCUT2D eigenvalue weighted by Gasteiger charge is -2.22. The van der Waals surface area contributed by atoms with Gasteiger partial charge in [-0.1, -0.05) is 35.9 Å². The van der Waals surface area contributed by atoms with Crippen LogP contribution in [0, 0.1) is 27.7 Å². The van der Waals surface area contributed by atoms with E-state index < -0.39 is 0 Å². The molecule has 1 unspecified atom stereocenters. The van der Waals surface area contributed by atoms with Crippen molar-refractivity contribution >= 4 is 0 Å². The first-order chi connectivity index (χ1) is 10.0. The van der Waals surface area contributed by atoms with E-state index in [4.69, 9.17) is 4.74 Å². The fourth-order valence-electron chi connectivity index (χ4n) is 2.94. The molecule has 21 heavy (non-hydrogen) atoms. The molecule has 2 aromatic carbocycles. The predicted molar refractivity (Wildman–Crippen MR) is 89.1 cm³/mol. The Hall–Kier alpha value is -1.80. The second kappa shape index (κ2) is 6.77. The van der Waals surface area contributed by atoms with Gasteiger partial charge in [0.05, 0.1) is 6.04 Å². The molecule has 0 aliphatic heterocycles. The maximum Gasteiger partial charge on any atom is 0.122 e. The van der Waals surface area contributed by atoms with E-state index in [1.165, 1.54) is 27.8 Å². The van der Waals surface area contributed by atoms with Crippen molar-refractivity contribution in [3.05, 3.63) is 64.2 Å². The van der Waals surface area contributed by atoms with E-state index in [0.717, 1.165) is 5.75 Å². The number of hydrogen-bond acceptors (Lipinski definition) is 2. The Morgan fingerprint density at radius 1 is 0.952 bits per heavy atom. The number of aryl methyl sites for hydroxylation is 4. The molecule has 0 heterocycles. The fourth-order valence-corrected chi connectivity index (χ4v) is 2.94. The summed E-state index contributed by atoms with van der Waals surface area (Å²) in [5.74, 6) is 0.958. The van der Waals surface area contributed by atoms with Crippen molar-refractivity contribution in [1.82, 2.24) is 5.32 Å². The van der Waals surface area contributed by atoms with E-state index in [-0.39, 0.29) is 6.04 Å². The topological polar surface area (TPSA) is 21.3 Å². The van der Waals surface area contributed by atoms with Crippen LogP contribution in [-0.4, -0.2) is 13.7 Å². The van der Waals surface area contributed by atoms with Crippen molar-refractivity contribution < 1.29 is 4.74 Å². The summed E-state index contributed by atoms with van der Waals surface area (Å²) >= 11 is 0. The molecule has 1 atom stereocenters. The number of benzene rings is 2. The molecule has 112 valence electrons. The summed E-state index contributed by atoms with van der Waals surface area (Å²) in [5.41, 5.74) is 6.46. The molecule has 2 nitrogen and oxygen atoms in total. The van der Waals surface area contributed by atoms with Crippen LogP contribution in [-0.2, 0) is 0 Å². The summed E-state index contributed by atoms with van der Waals surface area (Å²) in [6.07, 6.45) is 0. The molecule has 0 aromatic heterocycles. The Kier molecular flexibility index (Phi) is 5.03. The number of ether oxygens (including phenoxy) is 1. The minimum atomic E-state index is 0.199. The Balaban J connectivity index is 2.20. The monoisotopic (exact) mass is 283 g/mol. The van der Waals surface area contributed by atoms with Gasteiger partial charge in [-0.15, -0.1) is 0 Å². The lowest BCUT2D eigenvalue weighted by molar-refractivity contribution is 0.270. The van der Waals surface area contributed by atoms with Crippen molar-refractivity contribution in [2.45, 2.75) is 33.7 Å². The van der Waals surface area contributed by atoms with Gasteiger partial charge in [-0.2, -0.15) is 0 Å². The first-order valence-corrected chi connectivity index (χ1v) is 7.46. The Morgan fingerprint density at radius 3 is 2.14 bits per heavy atom. The summed E-state index contributed by atoms with van der Waals surface area (Å²) in [5, 5.41) is 3.38. The Morgan fingerprint density at radius 2 is 1.57 bits per heavy atom. The highest BCUT2D eigenvalue weighted by molar-refractivity contribution is 5.40. The summed E-state index contributed by atoms with van der Waals surface area (Å²) in [7, 11) is 1.99. The quantitative estimate of drug-likeness (QED) is 0.885. The SMILES string of the molecule is CNC(COc1ccccc1C)c1c(C)cc(C)cc1C. The molecule has 0 radical (unpaired) electrons. The van der Waals surface area contributed by atoms with E-state index in [1.807, 2.05) is 25.2 Å². The van der Waals surface area contributed by atoms with Gasteiger partial charge < -0.3 is 10.1 Å². The molecule has 2 rings (SSSR count). The van der Waals surface area contributed by atoms with Crippen LogP contribution in [0.15, 0.2) is 36.4 Å². The maximum atomic E-state index is 6.02. The van der Waals surface area contributed by atoms with Crippen molar-refractivity contribution in [1.29, 1.82) is 0 Å². The standard InChI is InChI=1S/C19H25NO/c1-13-10-15(3)19(16(4)11-13)17(20-5)12-21-18-9-7-6-8-14(18)2/h6-11,17,20H,12H2,1-5H3. The molecule has 0 aliphatic rings. The van der Waals surface area contributed by atoms with Gasteiger partial charge in [-0.05, 0) is 63.1 Å². The third-order valence-corrected chi connectivity index (χ3v) is 3.93. The minimum absolute atomic E-state index is 0.199. The second-order valence-corrected chi connectivity index (χ2v) is 5.73. The van der Waals surface area contributed by atoms with Gasteiger partial charge in [0, 0.05) is 0 Å². The fraction of sp³-hybridized carbons (Fsp3) is 0.368. The van der Waals surface area contributed by atoms with Crippen molar-refractivity contribution in [3.8, 4) is 5.75 Å². The van der Waals surface area contributed by atoms with Crippen LogP contribution in [0.5, 0.6) is 5.75 Å². The lowest BCUT2D eigenvalue weighted by atomic mass is 9.94. The number of para-hydroxylation sites is 1. The average molecular weight is 283 g/mol. The van der Waals surface area contributed by atoms with Gasteiger partial charge in [0.1, 0.15) is 12.4 Å². The minimum Gasteiger partial charge on any atom is -0.491 e. The maximum absolute atomic E-state index is 6.02. The van der Waals surface area contributed by atoms with Gasteiger partial charge >= 0.3 is 0 Å².